The summed E-state index contributed by atoms with van der Waals surface area (Å²) in [6, 6.07) is 6.75. The van der Waals surface area contributed by atoms with Crippen molar-refractivity contribution in [3.63, 3.8) is 0 Å². The summed E-state index contributed by atoms with van der Waals surface area (Å²) in [4.78, 5) is 23.7. The summed E-state index contributed by atoms with van der Waals surface area (Å²) in [5.74, 6) is -0.666. The third kappa shape index (κ3) is 5.61. The fourth-order valence-electron chi connectivity index (χ4n) is 1.48. The number of carbonyl (C=O) groups excluding carboxylic acids is 1. The molecule has 0 fully saturated rings. The van der Waals surface area contributed by atoms with E-state index in [9.17, 15) is 9.59 Å². The second-order valence-corrected chi connectivity index (χ2v) is 4.30. The van der Waals surface area contributed by atoms with Crippen LogP contribution in [-0.4, -0.2) is 41.6 Å². The maximum Gasteiger partial charge on any atom is 0.305 e. The molecule has 0 bridgehead atoms. The van der Waals surface area contributed by atoms with Gasteiger partial charge < -0.3 is 14.7 Å². The number of carbonyl (C=O) groups is 2. The smallest absolute Gasteiger partial charge is 0.305 e. The van der Waals surface area contributed by atoms with Crippen molar-refractivity contribution in [2.24, 2.45) is 0 Å². The molecule has 19 heavy (non-hydrogen) atoms. The molecule has 0 saturated heterocycles. The Morgan fingerprint density at radius 3 is 2.74 bits per heavy atom. The van der Waals surface area contributed by atoms with Crippen molar-refractivity contribution >= 4 is 23.5 Å². The average molecular weight is 286 g/mol. The lowest BCUT2D eigenvalue weighted by Gasteiger charge is -2.20. The Hall–Kier alpha value is -1.75. The molecule has 1 aromatic carbocycles. The molecule has 0 aliphatic rings. The molecule has 0 saturated carbocycles. The summed E-state index contributed by atoms with van der Waals surface area (Å²) < 4.78 is 5.32. The van der Waals surface area contributed by atoms with E-state index in [-0.39, 0.29) is 25.5 Å². The summed E-state index contributed by atoms with van der Waals surface area (Å²) in [5.41, 5.74) is 0. The summed E-state index contributed by atoms with van der Waals surface area (Å²) in [7, 11) is 0. The SMILES string of the molecule is CCN(CCC(=O)O)C(=O)COc1cccc(Cl)c1. The molecule has 1 amide bonds. The fourth-order valence-corrected chi connectivity index (χ4v) is 1.66. The van der Waals surface area contributed by atoms with Gasteiger partial charge in [0.15, 0.2) is 6.61 Å². The number of carboxylic acid groups (broad SMARTS) is 1. The maximum absolute atomic E-state index is 11.8. The van der Waals surface area contributed by atoms with E-state index in [1.54, 1.807) is 31.2 Å². The quantitative estimate of drug-likeness (QED) is 0.832. The summed E-state index contributed by atoms with van der Waals surface area (Å²) >= 11 is 5.79. The first-order chi connectivity index (χ1) is 9.02. The van der Waals surface area contributed by atoms with Crippen molar-refractivity contribution in [3.05, 3.63) is 29.3 Å². The standard InChI is InChI=1S/C13H16ClNO4/c1-2-15(7-6-13(17)18)12(16)9-19-11-5-3-4-10(14)8-11/h3-5,8H,2,6-7,9H2,1H3,(H,17,18). The molecule has 1 rings (SSSR count). The molecule has 0 aliphatic heterocycles. The van der Waals surface area contributed by atoms with E-state index in [4.69, 9.17) is 21.4 Å². The average Bonchev–Trinajstić information content (AvgIpc) is 2.37. The normalized spacial score (nSPS) is 10.0. The van der Waals surface area contributed by atoms with Crippen molar-refractivity contribution in [1.29, 1.82) is 0 Å². The zero-order valence-corrected chi connectivity index (χ0v) is 11.4. The summed E-state index contributed by atoms with van der Waals surface area (Å²) in [6.45, 7) is 2.29. The number of halogens is 1. The van der Waals surface area contributed by atoms with Gasteiger partial charge in [0.05, 0.1) is 6.42 Å². The van der Waals surface area contributed by atoms with E-state index in [0.717, 1.165) is 0 Å². The van der Waals surface area contributed by atoms with E-state index < -0.39 is 5.97 Å². The molecule has 0 atom stereocenters. The molecule has 0 unspecified atom stereocenters. The zero-order chi connectivity index (χ0) is 14.3. The second-order valence-electron chi connectivity index (χ2n) is 3.86. The van der Waals surface area contributed by atoms with Crippen LogP contribution in [0, 0.1) is 0 Å². The minimum absolute atomic E-state index is 0.0727. The first-order valence-electron chi connectivity index (χ1n) is 5.91. The van der Waals surface area contributed by atoms with Crippen LogP contribution in [0.5, 0.6) is 5.75 Å². The Morgan fingerprint density at radius 2 is 2.16 bits per heavy atom. The lowest BCUT2D eigenvalue weighted by molar-refractivity contribution is -0.139. The minimum Gasteiger partial charge on any atom is -0.484 e. The monoisotopic (exact) mass is 285 g/mol. The number of ether oxygens (including phenoxy) is 1. The van der Waals surface area contributed by atoms with Gasteiger partial charge in [-0.15, -0.1) is 0 Å². The minimum atomic E-state index is -0.929. The number of rotatable bonds is 7. The highest BCUT2D eigenvalue weighted by atomic mass is 35.5. The van der Waals surface area contributed by atoms with Crippen LogP contribution in [-0.2, 0) is 9.59 Å². The number of carboxylic acids is 1. The molecular formula is C13H16ClNO4. The third-order valence-corrected chi connectivity index (χ3v) is 2.72. The van der Waals surface area contributed by atoms with Gasteiger partial charge in [0, 0.05) is 18.1 Å². The van der Waals surface area contributed by atoms with E-state index in [1.165, 1.54) is 4.90 Å². The Kier molecular flexibility index (Phi) is 6.15. The predicted molar refractivity (Wildman–Crippen MR) is 71.5 cm³/mol. The van der Waals surface area contributed by atoms with Gasteiger partial charge in [-0.3, -0.25) is 9.59 Å². The van der Waals surface area contributed by atoms with Crippen LogP contribution in [0.4, 0.5) is 0 Å². The van der Waals surface area contributed by atoms with E-state index in [0.29, 0.717) is 17.3 Å². The van der Waals surface area contributed by atoms with Crippen molar-refractivity contribution in [2.75, 3.05) is 19.7 Å². The van der Waals surface area contributed by atoms with E-state index >= 15 is 0 Å². The Bertz CT molecular complexity index is 450. The number of hydrogen-bond acceptors (Lipinski definition) is 3. The van der Waals surface area contributed by atoms with Gasteiger partial charge in [0.1, 0.15) is 5.75 Å². The molecule has 0 spiro atoms. The van der Waals surface area contributed by atoms with Crippen LogP contribution < -0.4 is 4.74 Å². The van der Waals surface area contributed by atoms with Crippen LogP contribution in [0.25, 0.3) is 0 Å². The van der Waals surface area contributed by atoms with Gasteiger partial charge >= 0.3 is 5.97 Å². The van der Waals surface area contributed by atoms with Gasteiger partial charge in [0.25, 0.3) is 5.91 Å². The Labute approximate surface area is 116 Å². The van der Waals surface area contributed by atoms with Crippen molar-refractivity contribution in [1.82, 2.24) is 4.90 Å². The van der Waals surface area contributed by atoms with Crippen LogP contribution in [0.3, 0.4) is 0 Å². The Balaban J connectivity index is 2.46. The van der Waals surface area contributed by atoms with Crippen LogP contribution in [0.15, 0.2) is 24.3 Å². The van der Waals surface area contributed by atoms with Gasteiger partial charge in [-0.1, -0.05) is 17.7 Å². The molecule has 104 valence electrons. The van der Waals surface area contributed by atoms with Crippen molar-refractivity contribution < 1.29 is 19.4 Å². The van der Waals surface area contributed by atoms with Gasteiger partial charge in [-0.25, -0.2) is 0 Å². The highest BCUT2D eigenvalue weighted by Crippen LogP contribution is 2.17. The van der Waals surface area contributed by atoms with Crippen LogP contribution >= 0.6 is 11.6 Å². The number of hydrogen-bond donors (Lipinski definition) is 1. The number of nitrogens with zero attached hydrogens (tertiary/aromatic N) is 1. The molecule has 6 heteroatoms. The zero-order valence-electron chi connectivity index (χ0n) is 10.6. The summed E-state index contributed by atoms with van der Waals surface area (Å²) in [6.07, 6.45) is -0.0727. The number of likely N-dealkylation sites (N-methyl/N-ethyl adjacent to an activating group) is 1. The largest absolute Gasteiger partial charge is 0.484 e. The second kappa shape index (κ2) is 7.63. The lowest BCUT2D eigenvalue weighted by atomic mass is 10.3. The predicted octanol–water partition coefficient (Wildman–Crippen LogP) is 2.04. The van der Waals surface area contributed by atoms with E-state index in [1.807, 2.05) is 0 Å². The Morgan fingerprint density at radius 1 is 1.42 bits per heavy atom. The number of amides is 1. The third-order valence-electron chi connectivity index (χ3n) is 2.49. The lowest BCUT2D eigenvalue weighted by Crippen LogP contribution is -2.36. The molecule has 0 heterocycles. The van der Waals surface area contributed by atoms with Gasteiger partial charge in [-0.05, 0) is 25.1 Å². The molecule has 0 radical (unpaired) electrons. The van der Waals surface area contributed by atoms with Gasteiger partial charge in [0.2, 0.25) is 0 Å². The topological polar surface area (TPSA) is 66.8 Å². The van der Waals surface area contributed by atoms with Crippen molar-refractivity contribution in [3.8, 4) is 5.75 Å². The highest BCUT2D eigenvalue weighted by molar-refractivity contribution is 6.30. The molecule has 0 aromatic heterocycles. The molecular weight excluding hydrogens is 270 g/mol. The van der Waals surface area contributed by atoms with Gasteiger partial charge in [-0.2, -0.15) is 0 Å². The molecule has 5 nitrogen and oxygen atoms in total. The van der Waals surface area contributed by atoms with E-state index in [2.05, 4.69) is 0 Å². The molecule has 1 N–H and O–H groups in total. The molecule has 0 aliphatic carbocycles. The molecule has 1 aromatic rings. The highest BCUT2D eigenvalue weighted by Gasteiger charge is 2.13. The first kappa shape index (κ1) is 15.3. The fraction of sp³-hybridized carbons (Fsp3) is 0.385. The van der Waals surface area contributed by atoms with Crippen LogP contribution in [0.1, 0.15) is 13.3 Å². The first-order valence-corrected chi connectivity index (χ1v) is 6.28. The summed E-state index contributed by atoms with van der Waals surface area (Å²) in [5, 5.41) is 9.12. The number of aliphatic carboxylic acids is 1. The number of benzene rings is 1. The van der Waals surface area contributed by atoms with Crippen LogP contribution in [0.2, 0.25) is 5.02 Å². The van der Waals surface area contributed by atoms with Crippen molar-refractivity contribution in [2.45, 2.75) is 13.3 Å². The maximum atomic E-state index is 11.8.